The largest absolute Gasteiger partial charge is 0.334 e. The van der Waals surface area contributed by atoms with E-state index in [1.54, 1.807) is 17.6 Å². The summed E-state index contributed by atoms with van der Waals surface area (Å²) in [5, 5.41) is 8.93. The molecule has 1 heterocycles. The van der Waals surface area contributed by atoms with Crippen LogP contribution in [0.3, 0.4) is 0 Å². The van der Waals surface area contributed by atoms with Gasteiger partial charge in [0.15, 0.2) is 0 Å². The Bertz CT molecular complexity index is 1150. The van der Waals surface area contributed by atoms with Crippen molar-refractivity contribution >= 4 is 23.5 Å². The van der Waals surface area contributed by atoms with Gasteiger partial charge in [-0.15, -0.1) is 0 Å². The number of nitrogens with one attached hydrogen (secondary N) is 1. The molecule has 0 aliphatic carbocycles. The minimum atomic E-state index is -0.559. The molecule has 0 aromatic heterocycles. The molecule has 5 heteroatoms. The van der Waals surface area contributed by atoms with Crippen LogP contribution in [0.2, 0.25) is 0 Å². The van der Waals surface area contributed by atoms with E-state index in [1.165, 1.54) is 0 Å². The molecule has 0 saturated heterocycles. The van der Waals surface area contributed by atoms with Gasteiger partial charge in [0.1, 0.15) is 0 Å². The Morgan fingerprint density at radius 2 is 1.71 bits per heavy atom. The summed E-state index contributed by atoms with van der Waals surface area (Å²) < 4.78 is 0. The van der Waals surface area contributed by atoms with Crippen molar-refractivity contribution in [1.29, 1.82) is 0 Å². The third-order valence-corrected chi connectivity index (χ3v) is 5.65. The number of nitrogens with zero attached hydrogens (tertiary/aromatic N) is 1. The maximum absolute atomic E-state index is 13.7. The van der Waals surface area contributed by atoms with Gasteiger partial charge in [-0.1, -0.05) is 60.7 Å². The van der Waals surface area contributed by atoms with Gasteiger partial charge in [0, 0.05) is 24.2 Å². The van der Waals surface area contributed by atoms with Crippen LogP contribution in [-0.4, -0.2) is 28.5 Å². The van der Waals surface area contributed by atoms with E-state index >= 15 is 0 Å². The average molecular weight is 412 g/mol. The summed E-state index contributed by atoms with van der Waals surface area (Å²) in [5.74, 6) is -0.600. The minimum absolute atomic E-state index is 0.0409. The summed E-state index contributed by atoms with van der Waals surface area (Å²) in [6.45, 7) is 3.03. The Hall–Kier alpha value is -3.70. The van der Waals surface area contributed by atoms with Crippen molar-refractivity contribution in [3.63, 3.8) is 0 Å². The lowest BCUT2D eigenvalue weighted by Gasteiger charge is -2.30. The lowest BCUT2D eigenvalue weighted by atomic mass is 9.94. The molecule has 0 atom stereocenters. The van der Waals surface area contributed by atoms with Crippen molar-refractivity contribution in [3.05, 3.63) is 106 Å². The van der Waals surface area contributed by atoms with Crippen LogP contribution in [0.4, 0.5) is 0 Å². The predicted molar refractivity (Wildman–Crippen MR) is 120 cm³/mol. The molecule has 156 valence electrons. The van der Waals surface area contributed by atoms with Crippen LogP contribution in [-0.2, 0) is 17.8 Å². The Morgan fingerprint density at radius 1 is 0.968 bits per heavy atom. The number of rotatable bonds is 4. The second-order valence-electron chi connectivity index (χ2n) is 7.68. The van der Waals surface area contributed by atoms with Crippen molar-refractivity contribution in [1.82, 2.24) is 10.4 Å². The molecule has 1 aliphatic heterocycles. The van der Waals surface area contributed by atoms with Crippen molar-refractivity contribution < 1.29 is 14.8 Å². The zero-order chi connectivity index (χ0) is 21.8. The minimum Gasteiger partial charge on any atom is -0.334 e. The number of hydrogen-bond acceptors (Lipinski definition) is 3. The summed E-state index contributed by atoms with van der Waals surface area (Å²) in [7, 11) is 0. The van der Waals surface area contributed by atoms with Gasteiger partial charge in [0.05, 0.1) is 0 Å². The van der Waals surface area contributed by atoms with Crippen LogP contribution in [0, 0.1) is 6.92 Å². The molecule has 3 aromatic rings. The molecule has 0 radical (unpaired) electrons. The van der Waals surface area contributed by atoms with Gasteiger partial charge in [-0.3, -0.25) is 14.8 Å². The molecule has 0 fully saturated rings. The predicted octanol–water partition coefficient (Wildman–Crippen LogP) is 4.24. The fraction of sp³-hybridized carbons (Fsp3) is 0.154. The van der Waals surface area contributed by atoms with Gasteiger partial charge in [0.25, 0.3) is 11.8 Å². The SMILES string of the molecule is Cc1ccccc1C(=Cc1ccccc1)C(=O)N1CCc2ccc(C(=O)NO)cc2C1. The maximum Gasteiger partial charge on any atom is 0.274 e. The standard InChI is InChI=1S/C26H24N2O3/c1-18-7-5-6-10-23(18)24(15-19-8-3-2-4-9-19)26(30)28-14-13-20-11-12-21(25(29)27-31)16-22(20)17-28/h2-12,15-16,31H,13-14,17H2,1H3,(H,27,29). The van der Waals surface area contributed by atoms with E-state index in [4.69, 9.17) is 5.21 Å². The molecule has 31 heavy (non-hydrogen) atoms. The fourth-order valence-corrected chi connectivity index (χ4v) is 3.95. The molecule has 2 N–H and O–H groups in total. The third kappa shape index (κ3) is 4.42. The number of amides is 2. The first-order valence-corrected chi connectivity index (χ1v) is 10.2. The normalized spacial score (nSPS) is 13.5. The highest BCUT2D eigenvalue weighted by molar-refractivity contribution is 6.24. The monoisotopic (exact) mass is 412 g/mol. The van der Waals surface area contributed by atoms with E-state index in [9.17, 15) is 9.59 Å². The highest BCUT2D eigenvalue weighted by Crippen LogP contribution is 2.27. The molecule has 1 aliphatic rings. The van der Waals surface area contributed by atoms with E-state index in [1.807, 2.05) is 78.6 Å². The first-order chi connectivity index (χ1) is 15.1. The van der Waals surface area contributed by atoms with Gasteiger partial charge in [-0.05, 0) is 59.4 Å². The number of carbonyl (C=O) groups excluding carboxylic acids is 2. The quantitative estimate of drug-likeness (QED) is 0.291. The number of benzene rings is 3. The number of carbonyl (C=O) groups is 2. The van der Waals surface area contributed by atoms with E-state index in [-0.39, 0.29) is 5.91 Å². The van der Waals surface area contributed by atoms with Crippen LogP contribution >= 0.6 is 0 Å². The van der Waals surface area contributed by atoms with Gasteiger partial charge in [-0.2, -0.15) is 0 Å². The zero-order valence-corrected chi connectivity index (χ0v) is 17.3. The number of fused-ring (bicyclic) bond motifs is 1. The molecule has 0 saturated carbocycles. The summed E-state index contributed by atoms with van der Waals surface area (Å²) in [4.78, 5) is 27.3. The van der Waals surface area contributed by atoms with E-state index < -0.39 is 5.91 Å². The molecule has 5 nitrogen and oxygen atoms in total. The Balaban J connectivity index is 1.69. The third-order valence-electron chi connectivity index (χ3n) is 5.65. The second-order valence-corrected chi connectivity index (χ2v) is 7.68. The van der Waals surface area contributed by atoms with Crippen molar-refractivity contribution in [2.45, 2.75) is 19.9 Å². The molecule has 0 bridgehead atoms. The zero-order valence-electron chi connectivity index (χ0n) is 17.3. The molecule has 2 amide bonds. The Kier molecular flexibility index (Phi) is 5.96. The first-order valence-electron chi connectivity index (χ1n) is 10.2. The lowest BCUT2D eigenvalue weighted by molar-refractivity contribution is -0.125. The van der Waals surface area contributed by atoms with Crippen LogP contribution in [0.5, 0.6) is 0 Å². The summed E-state index contributed by atoms with van der Waals surface area (Å²) >= 11 is 0. The Morgan fingerprint density at radius 3 is 2.45 bits per heavy atom. The lowest BCUT2D eigenvalue weighted by Crippen LogP contribution is -2.36. The number of hydrogen-bond donors (Lipinski definition) is 2. The summed E-state index contributed by atoms with van der Waals surface area (Å²) in [6, 6.07) is 23.0. The second kappa shape index (κ2) is 8.98. The van der Waals surface area contributed by atoms with Gasteiger partial charge >= 0.3 is 0 Å². The van der Waals surface area contributed by atoms with Crippen molar-refractivity contribution in [2.24, 2.45) is 0 Å². The van der Waals surface area contributed by atoms with Crippen molar-refractivity contribution in [2.75, 3.05) is 6.54 Å². The van der Waals surface area contributed by atoms with Crippen LogP contribution in [0.25, 0.3) is 11.6 Å². The van der Waals surface area contributed by atoms with E-state index in [0.29, 0.717) is 30.6 Å². The van der Waals surface area contributed by atoms with Gasteiger partial charge < -0.3 is 4.90 Å². The smallest absolute Gasteiger partial charge is 0.274 e. The molecular weight excluding hydrogens is 388 g/mol. The molecule has 0 unspecified atom stereocenters. The van der Waals surface area contributed by atoms with Crippen molar-refractivity contribution in [3.8, 4) is 0 Å². The van der Waals surface area contributed by atoms with Crippen LogP contribution in [0.15, 0.2) is 72.8 Å². The number of aryl methyl sites for hydroxylation is 1. The molecule has 0 spiro atoms. The van der Waals surface area contributed by atoms with Gasteiger partial charge in [0.2, 0.25) is 0 Å². The number of hydroxylamine groups is 1. The van der Waals surface area contributed by atoms with Crippen LogP contribution in [0.1, 0.15) is 38.2 Å². The average Bonchev–Trinajstić information content (AvgIpc) is 2.82. The van der Waals surface area contributed by atoms with E-state index in [0.717, 1.165) is 27.8 Å². The topological polar surface area (TPSA) is 69.6 Å². The summed E-state index contributed by atoms with van der Waals surface area (Å²) in [6.07, 6.45) is 2.66. The highest BCUT2D eigenvalue weighted by Gasteiger charge is 2.25. The first kappa shape index (κ1) is 20.6. The van der Waals surface area contributed by atoms with E-state index in [2.05, 4.69) is 0 Å². The summed E-state index contributed by atoms with van der Waals surface area (Å²) in [5.41, 5.74) is 7.64. The maximum atomic E-state index is 13.7. The van der Waals surface area contributed by atoms with Gasteiger partial charge in [-0.25, -0.2) is 5.48 Å². The van der Waals surface area contributed by atoms with Crippen LogP contribution < -0.4 is 5.48 Å². The fourth-order valence-electron chi connectivity index (χ4n) is 3.95. The Labute approximate surface area is 181 Å². The molecular formula is C26H24N2O3. The highest BCUT2D eigenvalue weighted by atomic mass is 16.5. The molecule has 3 aromatic carbocycles. The molecule has 4 rings (SSSR count).